The molecule has 0 spiro atoms. The van der Waals surface area contributed by atoms with Crippen molar-refractivity contribution in [3.63, 3.8) is 0 Å². The first-order chi connectivity index (χ1) is 15.2. The van der Waals surface area contributed by atoms with E-state index in [0.29, 0.717) is 17.1 Å². The maximum absolute atomic E-state index is 13.9. The highest BCUT2D eigenvalue weighted by Crippen LogP contribution is 2.30. The molecule has 32 heavy (non-hydrogen) atoms. The monoisotopic (exact) mass is 441 g/mol. The number of pyridine rings is 1. The van der Waals surface area contributed by atoms with Crippen molar-refractivity contribution in [1.29, 1.82) is 0 Å². The molecular weight excluding hydrogens is 420 g/mol. The van der Waals surface area contributed by atoms with Crippen molar-refractivity contribution >= 4 is 5.65 Å². The lowest BCUT2D eigenvalue weighted by molar-refractivity contribution is -0.563. The molecule has 0 radical (unpaired) electrons. The molecule has 4 rings (SSSR count). The van der Waals surface area contributed by atoms with Gasteiger partial charge in [0.05, 0.1) is 23.1 Å². The molecule has 0 aliphatic carbocycles. The second kappa shape index (κ2) is 8.03. The summed E-state index contributed by atoms with van der Waals surface area (Å²) in [7, 11) is 0. The first-order valence-electron chi connectivity index (χ1n) is 9.88. The van der Waals surface area contributed by atoms with Crippen molar-refractivity contribution in [3.8, 4) is 17.0 Å². The molecule has 8 nitrogen and oxygen atoms in total. The van der Waals surface area contributed by atoms with Crippen LogP contribution in [0.3, 0.4) is 0 Å². The van der Waals surface area contributed by atoms with Crippen LogP contribution >= 0.6 is 0 Å². The lowest BCUT2D eigenvalue weighted by Crippen LogP contribution is -2.36. The maximum atomic E-state index is 13.9. The number of hydrogen-bond donors (Lipinski definition) is 0. The predicted molar refractivity (Wildman–Crippen MR) is 113 cm³/mol. The van der Waals surface area contributed by atoms with E-state index in [0.717, 1.165) is 11.3 Å². The minimum absolute atomic E-state index is 0.109. The minimum Gasteiger partial charge on any atom is -0.485 e. The zero-order valence-electron chi connectivity index (χ0n) is 17.7. The van der Waals surface area contributed by atoms with Crippen LogP contribution < -0.4 is 4.74 Å². The van der Waals surface area contributed by atoms with Gasteiger partial charge in [-0.1, -0.05) is 6.07 Å². The molecule has 0 bridgehead atoms. The van der Waals surface area contributed by atoms with Crippen molar-refractivity contribution in [2.45, 2.75) is 39.5 Å². The fourth-order valence-corrected chi connectivity index (χ4v) is 3.46. The average molecular weight is 441 g/mol. The summed E-state index contributed by atoms with van der Waals surface area (Å²) < 4.78 is 36.9. The number of halogens is 2. The highest BCUT2D eigenvalue weighted by molar-refractivity contribution is 5.69. The molecule has 3 heterocycles. The Morgan fingerprint density at radius 3 is 2.59 bits per heavy atom. The van der Waals surface area contributed by atoms with Gasteiger partial charge in [0.1, 0.15) is 24.8 Å². The van der Waals surface area contributed by atoms with Crippen LogP contribution in [-0.4, -0.2) is 29.6 Å². The van der Waals surface area contributed by atoms with Crippen LogP contribution in [-0.2, 0) is 13.2 Å². The fraction of sp³-hybridized carbons (Fsp3) is 0.273. The normalized spacial score (nSPS) is 11.8. The van der Waals surface area contributed by atoms with E-state index < -0.39 is 17.2 Å². The number of fused-ring (bicyclic) bond motifs is 1. The highest BCUT2D eigenvalue weighted by atomic mass is 19.1. The molecule has 10 heteroatoms. The van der Waals surface area contributed by atoms with Gasteiger partial charge in [-0.2, -0.15) is 5.10 Å². The molecule has 0 unspecified atom stereocenters. The quantitative estimate of drug-likeness (QED) is 0.313. The van der Waals surface area contributed by atoms with Crippen molar-refractivity contribution in [3.05, 3.63) is 81.9 Å². The molecule has 0 amide bonds. The minimum atomic E-state index is -1.17. The first-order valence-corrected chi connectivity index (χ1v) is 9.88. The summed E-state index contributed by atoms with van der Waals surface area (Å²) in [6.45, 7) is 4.72. The molecule has 4 aromatic rings. The Balaban J connectivity index is 1.66. The first kappa shape index (κ1) is 21.4. The fourth-order valence-electron chi connectivity index (χ4n) is 3.46. The van der Waals surface area contributed by atoms with Crippen LogP contribution in [0, 0.1) is 28.7 Å². The zero-order valence-corrected chi connectivity index (χ0v) is 17.7. The number of nitrogens with zero attached hydrogens (tertiary/aromatic N) is 5. The summed E-state index contributed by atoms with van der Waals surface area (Å²) in [5.41, 5.74) is 1.31. The molecule has 0 fully saturated rings. The SMILES string of the molecule is Cc1nc2c(OCc3c(F)cccc3F)cccn2c1-c1cnn(CC(C)(C)[N+](=O)[O-])c1. The van der Waals surface area contributed by atoms with Gasteiger partial charge in [0.2, 0.25) is 5.54 Å². The van der Waals surface area contributed by atoms with E-state index in [1.165, 1.54) is 36.7 Å². The van der Waals surface area contributed by atoms with E-state index in [9.17, 15) is 18.9 Å². The molecule has 166 valence electrons. The lowest BCUT2D eigenvalue weighted by atomic mass is 10.1. The van der Waals surface area contributed by atoms with E-state index in [1.54, 1.807) is 35.1 Å². The predicted octanol–water partition coefficient (Wildman–Crippen LogP) is 4.42. The number of rotatable bonds is 7. The zero-order chi connectivity index (χ0) is 23.0. The van der Waals surface area contributed by atoms with Gasteiger partial charge < -0.3 is 4.74 Å². The van der Waals surface area contributed by atoms with Crippen LogP contribution in [0.1, 0.15) is 25.1 Å². The van der Waals surface area contributed by atoms with Crippen LogP contribution in [0.2, 0.25) is 0 Å². The van der Waals surface area contributed by atoms with Gasteiger partial charge in [0, 0.05) is 36.7 Å². The number of ether oxygens (including phenoxy) is 1. The molecule has 1 aromatic carbocycles. The van der Waals surface area contributed by atoms with Gasteiger partial charge in [-0.3, -0.25) is 19.2 Å². The van der Waals surface area contributed by atoms with Crippen molar-refractivity contribution in [1.82, 2.24) is 19.2 Å². The van der Waals surface area contributed by atoms with Crippen molar-refractivity contribution in [2.75, 3.05) is 0 Å². The second-order valence-corrected chi connectivity index (χ2v) is 8.10. The summed E-state index contributed by atoms with van der Waals surface area (Å²) >= 11 is 0. The number of imidazole rings is 1. The van der Waals surface area contributed by atoms with Gasteiger partial charge in [0.25, 0.3) is 0 Å². The standard InChI is InChI=1S/C22H21F2N5O3/c1-14-20(15-10-25-27(11-15)13-22(2,3)29(30)31)28-9-5-8-19(21(28)26-14)32-12-16-17(23)6-4-7-18(16)24/h4-11H,12-13H2,1-3H3. The Kier molecular flexibility index (Phi) is 5.37. The molecule has 0 N–H and O–H groups in total. The van der Waals surface area contributed by atoms with E-state index in [2.05, 4.69) is 10.1 Å². The van der Waals surface area contributed by atoms with Gasteiger partial charge in [0.15, 0.2) is 11.4 Å². The lowest BCUT2D eigenvalue weighted by Gasteiger charge is -2.14. The summed E-state index contributed by atoms with van der Waals surface area (Å²) in [6.07, 6.45) is 5.14. The third-order valence-corrected chi connectivity index (χ3v) is 5.17. The Morgan fingerprint density at radius 2 is 1.91 bits per heavy atom. The Bertz CT molecular complexity index is 1290. The number of aryl methyl sites for hydroxylation is 1. The van der Waals surface area contributed by atoms with Crippen molar-refractivity contribution < 1.29 is 18.4 Å². The highest BCUT2D eigenvalue weighted by Gasteiger charge is 2.31. The molecule has 0 aliphatic heterocycles. The van der Waals surface area contributed by atoms with Crippen LogP contribution in [0.25, 0.3) is 16.9 Å². The number of benzene rings is 1. The number of aromatic nitrogens is 4. The van der Waals surface area contributed by atoms with Gasteiger partial charge in [-0.05, 0) is 31.2 Å². The molecule has 0 saturated carbocycles. The summed E-state index contributed by atoms with van der Waals surface area (Å²) in [4.78, 5) is 15.4. The van der Waals surface area contributed by atoms with E-state index in [-0.39, 0.29) is 23.6 Å². The summed E-state index contributed by atoms with van der Waals surface area (Å²) in [6, 6.07) is 7.07. The van der Waals surface area contributed by atoms with Crippen molar-refractivity contribution in [2.24, 2.45) is 0 Å². The summed E-state index contributed by atoms with van der Waals surface area (Å²) in [5, 5.41) is 15.5. The van der Waals surface area contributed by atoms with E-state index in [1.807, 2.05) is 6.92 Å². The molecular formula is C22H21F2N5O3. The molecule has 0 aliphatic rings. The van der Waals surface area contributed by atoms with Crippen LogP contribution in [0.4, 0.5) is 8.78 Å². The van der Waals surface area contributed by atoms with Gasteiger partial charge in [-0.25, -0.2) is 13.8 Å². The summed E-state index contributed by atoms with van der Waals surface area (Å²) in [5.74, 6) is -0.990. The van der Waals surface area contributed by atoms with Gasteiger partial charge >= 0.3 is 0 Å². The van der Waals surface area contributed by atoms with Crippen LogP contribution in [0.5, 0.6) is 5.75 Å². The maximum Gasteiger partial charge on any atom is 0.236 e. The Hall–Kier alpha value is -3.82. The molecule has 0 atom stereocenters. The average Bonchev–Trinajstić information content (AvgIpc) is 3.30. The number of nitro groups is 1. The number of hydrogen-bond acceptors (Lipinski definition) is 5. The molecule has 0 saturated heterocycles. The largest absolute Gasteiger partial charge is 0.485 e. The van der Waals surface area contributed by atoms with Gasteiger partial charge in [-0.15, -0.1) is 0 Å². The molecule has 3 aromatic heterocycles. The second-order valence-electron chi connectivity index (χ2n) is 8.10. The van der Waals surface area contributed by atoms with E-state index in [4.69, 9.17) is 4.74 Å². The van der Waals surface area contributed by atoms with E-state index >= 15 is 0 Å². The van der Waals surface area contributed by atoms with Crippen LogP contribution in [0.15, 0.2) is 48.9 Å². The smallest absolute Gasteiger partial charge is 0.236 e. The third kappa shape index (κ3) is 3.91. The third-order valence-electron chi connectivity index (χ3n) is 5.17. The topological polar surface area (TPSA) is 87.5 Å². The Morgan fingerprint density at radius 1 is 1.19 bits per heavy atom. The Labute approximate surface area is 182 Å².